The Labute approximate surface area is 114 Å². The molecule has 4 nitrogen and oxygen atoms in total. The zero-order chi connectivity index (χ0) is 13.6. The average molecular weight is 290 g/mol. The minimum absolute atomic E-state index is 0.379. The molecule has 2 N–H and O–H groups in total. The first-order chi connectivity index (χ1) is 8.45. The van der Waals surface area contributed by atoms with Gasteiger partial charge in [0.1, 0.15) is 0 Å². The van der Waals surface area contributed by atoms with Crippen LogP contribution in [0.5, 0.6) is 0 Å². The Kier molecular flexibility index (Phi) is 6.28. The van der Waals surface area contributed by atoms with Gasteiger partial charge in [-0.05, 0) is 12.5 Å². The molecule has 0 aliphatic rings. The third-order valence-corrected chi connectivity index (χ3v) is 4.97. The van der Waals surface area contributed by atoms with E-state index >= 15 is 0 Å². The Bertz CT molecular complexity index is 452. The standard InChI is InChI=1S/C12H22N2O2S2/c1-4-5-6-14-18(15,16)12-7-11(17-9-12)8-13-10(2)3/h7,9-10,13-14H,4-6,8H2,1-3H3. The molecule has 0 aliphatic carbocycles. The van der Waals surface area contributed by atoms with E-state index in [-0.39, 0.29) is 0 Å². The fourth-order valence-corrected chi connectivity index (χ4v) is 3.67. The quantitative estimate of drug-likeness (QED) is 0.722. The van der Waals surface area contributed by atoms with Crippen LogP contribution in [0.15, 0.2) is 16.3 Å². The zero-order valence-electron chi connectivity index (χ0n) is 11.2. The summed E-state index contributed by atoms with van der Waals surface area (Å²) in [6.45, 7) is 7.39. The minimum atomic E-state index is -3.32. The molecular formula is C12H22N2O2S2. The van der Waals surface area contributed by atoms with Crippen LogP contribution in [0.25, 0.3) is 0 Å². The number of rotatable bonds is 8. The van der Waals surface area contributed by atoms with Crippen molar-refractivity contribution in [2.24, 2.45) is 0 Å². The molecule has 0 saturated carbocycles. The van der Waals surface area contributed by atoms with Gasteiger partial charge in [0.05, 0.1) is 4.90 Å². The first-order valence-electron chi connectivity index (χ1n) is 6.26. The molecule has 1 heterocycles. The van der Waals surface area contributed by atoms with Crippen molar-refractivity contribution in [1.82, 2.24) is 10.0 Å². The number of hydrogen-bond acceptors (Lipinski definition) is 4. The summed E-state index contributed by atoms with van der Waals surface area (Å²) in [6.07, 6.45) is 1.85. The van der Waals surface area contributed by atoms with Gasteiger partial charge in [0.25, 0.3) is 0 Å². The second kappa shape index (κ2) is 7.23. The van der Waals surface area contributed by atoms with E-state index < -0.39 is 10.0 Å². The Balaban J connectivity index is 2.60. The second-order valence-corrected chi connectivity index (χ2v) is 7.30. The Morgan fingerprint density at radius 2 is 2.11 bits per heavy atom. The van der Waals surface area contributed by atoms with E-state index in [4.69, 9.17) is 0 Å². The van der Waals surface area contributed by atoms with Crippen LogP contribution in [0.3, 0.4) is 0 Å². The van der Waals surface area contributed by atoms with Gasteiger partial charge in [0, 0.05) is 29.4 Å². The average Bonchev–Trinajstić information content (AvgIpc) is 2.76. The molecule has 0 spiro atoms. The highest BCUT2D eigenvalue weighted by Crippen LogP contribution is 2.19. The number of sulfonamides is 1. The summed E-state index contributed by atoms with van der Waals surface area (Å²) in [5, 5.41) is 4.97. The summed E-state index contributed by atoms with van der Waals surface area (Å²) in [4.78, 5) is 1.42. The summed E-state index contributed by atoms with van der Waals surface area (Å²) in [5.41, 5.74) is 0. The van der Waals surface area contributed by atoms with E-state index in [1.807, 2.05) is 6.92 Å². The van der Waals surface area contributed by atoms with Crippen LogP contribution < -0.4 is 10.0 Å². The Morgan fingerprint density at radius 3 is 2.72 bits per heavy atom. The van der Waals surface area contributed by atoms with E-state index in [0.717, 1.165) is 17.7 Å². The number of unbranched alkanes of at least 4 members (excludes halogenated alkanes) is 1. The van der Waals surface area contributed by atoms with Gasteiger partial charge < -0.3 is 5.32 Å². The summed E-state index contributed by atoms with van der Waals surface area (Å²) in [7, 11) is -3.32. The maximum Gasteiger partial charge on any atom is 0.241 e. The fraction of sp³-hybridized carbons (Fsp3) is 0.667. The highest BCUT2D eigenvalue weighted by Gasteiger charge is 2.15. The van der Waals surface area contributed by atoms with E-state index in [9.17, 15) is 8.42 Å². The van der Waals surface area contributed by atoms with Gasteiger partial charge in [0.2, 0.25) is 10.0 Å². The van der Waals surface area contributed by atoms with Crippen molar-refractivity contribution in [3.63, 3.8) is 0 Å². The summed E-state index contributed by atoms with van der Waals surface area (Å²) < 4.78 is 26.5. The van der Waals surface area contributed by atoms with Crippen molar-refractivity contribution < 1.29 is 8.42 Å². The van der Waals surface area contributed by atoms with Crippen LogP contribution in [0.4, 0.5) is 0 Å². The summed E-state index contributed by atoms with van der Waals surface area (Å²) in [5.74, 6) is 0. The van der Waals surface area contributed by atoms with Crippen molar-refractivity contribution in [3.8, 4) is 0 Å². The van der Waals surface area contributed by atoms with E-state index in [1.54, 1.807) is 11.4 Å². The summed E-state index contributed by atoms with van der Waals surface area (Å²) >= 11 is 1.48. The van der Waals surface area contributed by atoms with Crippen LogP contribution >= 0.6 is 11.3 Å². The van der Waals surface area contributed by atoms with Gasteiger partial charge in [-0.2, -0.15) is 0 Å². The maximum absolute atomic E-state index is 11.9. The first-order valence-corrected chi connectivity index (χ1v) is 8.62. The molecule has 0 fully saturated rings. The van der Waals surface area contributed by atoms with Crippen LogP contribution in [0.1, 0.15) is 38.5 Å². The van der Waals surface area contributed by atoms with E-state index in [0.29, 0.717) is 24.0 Å². The third kappa shape index (κ3) is 5.06. The number of hydrogen-bond donors (Lipinski definition) is 2. The number of thiophene rings is 1. The lowest BCUT2D eigenvalue weighted by atomic mass is 10.3. The molecule has 0 aliphatic heterocycles. The summed E-state index contributed by atoms with van der Waals surface area (Å²) in [6, 6.07) is 2.14. The van der Waals surface area contributed by atoms with Gasteiger partial charge in [-0.3, -0.25) is 0 Å². The van der Waals surface area contributed by atoms with Gasteiger partial charge in [-0.25, -0.2) is 13.1 Å². The van der Waals surface area contributed by atoms with Gasteiger partial charge in [-0.1, -0.05) is 27.2 Å². The molecule has 0 radical (unpaired) electrons. The largest absolute Gasteiger partial charge is 0.310 e. The second-order valence-electron chi connectivity index (χ2n) is 4.54. The molecule has 1 rings (SSSR count). The molecule has 0 bridgehead atoms. The third-order valence-electron chi connectivity index (χ3n) is 2.45. The molecule has 0 aromatic carbocycles. The van der Waals surface area contributed by atoms with Crippen LogP contribution in [-0.2, 0) is 16.6 Å². The lowest BCUT2D eigenvalue weighted by Gasteiger charge is -2.05. The molecular weight excluding hydrogens is 268 g/mol. The van der Waals surface area contributed by atoms with Crippen LogP contribution in [0.2, 0.25) is 0 Å². The molecule has 0 unspecified atom stereocenters. The topological polar surface area (TPSA) is 58.2 Å². The first kappa shape index (κ1) is 15.6. The van der Waals surface area contributed by atoms with Crippen LogP contribution in [0, 0.1) is 0 Å². The normalized spacial score (nSPS) is 12.2. The number of nitrogens with one attached hydrogen (secondary N) is 2. The lowest BCUT2D eigenvalue weighted by Crippen LogP contribution is -2.24. The Hall–Kier alpha value is -0.430. The molecule has 1 aromatic heterocycles. The molecule has 1 aromatic rings. The molecule has 0 saturated heterocycles. The zero-order valence-corrected chi connectivity index (χ0v) is 12.8. The van der Waals surface area contributed by atoms with Crippen molar-refractivity contribution in [1.29, 1.82) is 0 Å². The predicted molar refractivity (Wildman–Crippen MR) is 76.4 cm³/mol. The van der Waals surface area contributed by atoms with Crippen molar-refractivity contribution in [2.45, 2.75) is 51.1 Å². The highest BCUT2D eigenvalue weighted by molar-refractivity contribution is 7.89. The maximum atomic E-state index is 11.9. The van der Waals surface area contributed by atoms with Gasteiger partial charge >= 0.3 is 0 Å². The SMILES string of the molecule is CCCCNS(=O)(=O)c1csc(CNC(C)C)c1. The van der Waals surface area contributed by atoms with Crippen LogP contribution in [-0.4, -0.2) is 21.0 Å². The van der Waals surface area contributed by atoms with Crippen molar-refractivity contribution in [3.05, 3.63) is 16.3 Å². The van der Waals surface area contributed by atoms with Gasteiger partial charge in [-0.15, -0.1) is 11.3 Å². The highest BCUT2D eigenvalue weighted by atomic mass is 32.2. The van der Waals surface area contributed by atoms with Gasteiger partial charge in [0.15, 0.2) is 0 Å². The molecule has 0 atom stereocenters. The molecule has 104 valence electrons. The predicted octanol–water partition coefficient (Wildman–Crippen LogP) is 2.32. The smallest absolute Gasteiger partial charge is 0.241 e. The minimum Gasteiger partial charge on any atom is -0.310 e. The molecule has 6 heteroatoms. The van der Waals surface area contributed by atoms with E-state index in [1.165, 1.54) is 11.3 Å². The lowest BCUT2D eigenvalue weighted by molar-refractivity contribution is 0.578. The Morgan fingerprint density at radius 1 is 1.39 bits per heavy atom. The monoisotopic (exact) mass is 290 g/mol. The van der Waals surface area contributed by atoms with Crippen molar-refractivity contribution >= 4 is 21.4 Å². The van der Waals surface area contributed by atoms with E-state index in [2.05, 4.69) is 23.9 Å². The molecule has 0 amide bonds. The fourth-order valence-electron chi connectivity index (χ4n) is 1.37. The molecule has 18 heavy (non-hydrogen) atoms. The van der Waals surface area contributed by atoms with Crippen molar-refractivity contribution in [2.75, 3.05) is 6.54 Å².